The van der Waals surface area contributed by atoms with Crippen molar-refractivity contribution in [3.8, 4) is 55.9 Å². The minimum absolute atomic E-state index is 0.0894. The molecule has 32 aromatic rings. The van der Waals surface area contributed by atoms with Gasteiger partial charge in [-0.05, 0) is 123 Å². The van der Waals surface area contributed by atoms with E-state index in [0.29, 0.717) is 0 Å². The van der Waals surface area contributed by atoms with E-state index in [1.54, 1.807) is 0 Å². The van der Waals surface area contributed by atoms with Crippen LogP contribution in [0.1, 0.15) is 53.5 Å². The van der Waals surface area contributed by atoms with Crippen LogP contribution in [0, 0.1) is 0 Å². The lowest BCUT2D eigenvalue weighted by molar-refractivity contribution is 0.643. The summed E-state index contributed by atoms with van der Waals surface area (Å²) in [6.07, 6.45) is 0. The molecular formula is C126H80N8. The van der Waals surface area contributed by atoms with Crippen LogP contribution in [0.3, 0.4) is 0 Å². The van der Waals surface area contributed by atoms with Crippen molar-refractivity contribution in [1.82, 2.24) is 35.9 Å². The van der Waals surface area contributed by atoms with Crippen LogP contribution in [0.25, 0.3) is 295 Å². The molecule has 20 aromatic carbocycles. The number of para-hydroxylation sites is 10. The average molecular weight is 1720 g/mol. The van der Waals surface area contributed by atoms with E-state index < -0.39 is 36.3 Å². The van der Waals surface area contributed by atoms with Gasteiger partial charge in [-0.15, -0.1) is 0 Å². The number of fused-ring (bicyclic) bond motifs is 40. The quantitative estimate of drug-likeness (QED) is 0.145. The van der Waals surface area contributed by atoms with Crippen molar-refractivity contribution in [3.63, 3.8) is 0 Å². The highest BCUT2D eigenvalue weighted by molar-refractivity contribution is 6.44. The zero-order chi connectivity index (χ0) is 96.3. The van der Waals surface area contributed by atoms with Gasteiger partial charge in [0, 0.05) is 186 Å². The summed E-state index contributed by atoms with van der Waals surface area (Å²) in [5.41, 5.74) is 30.8. The summed E-state index contributed by atoms with van der Waals surface area (Å²) in [7, 11) is 0. The molecule has 8 heteroatoms. The van der Waals surface area contributed by atoms with E-state index in [0.717, 1.165) is 142 Å². The van der Waals surface area contributed by atoms with Crippen LogP contribution in [-0.2, 0) is 0 Å². The SMILES string of the molecule is CC(C)n1c2ccccc2c2ccc3c(c4cccc5c6c(-c7ccccc7)c7c(c(-c8ccccc8)c6n3c54)c3cccc4c5c6c(ccc5n7c34)c3ccccc3n6C(C)C)c21.[2H]c1c([2H])c([2H])c(-n2c3ccccc3c3ccc4c(c5cccc6c7c(-c8ccccc8)c8c(c(-c9ccccc9)c7n4c65)c4cccc5c6c7c(ccc6n8c45)c4ccccc4n7-c4c([2H])c([2H])c([2H])c([2H])c4[2H])c32)c([2H])c1[2H]. The van der Waals surface area contributed by atoms with Crippen LogP contribution in [0.15, 0.2) is 400 Å². The summed E-state index contributed by atoms with van der Waals surface area (Å²) in [5, 5.41) is 27.1. The Labute approximate surface area is 780 Å². The first-order valence-corrected chi connectivity index (χ1v) is 46.3. The summed E-state index contributed by atoms with van der Waals surface area (Å²) in [6, 6.07) is 119. The first-order valence-electron chi connectivity index (χ1n) is 51.3. The van der Waals surface area contributed by atoms with E-state index >= 15 is 0 Å². The van der Waals surface area contributed by atoms with E-state index in [-0.39, 0.29) is 47.6 Å². The van der Waals surface area contributed by atoms with Crippen molar-refractivity contribution in [2.45, 2.75) is 39.8 Å². The Hall–Kier alpha value is -17.2. The first-order chi connectivity index (χ1) is 70.5. The molecule has 0 aliphatic rings. The third kappa shape index (κ3) is 8.98. The molecule has 0 aliphatic carbocycles. The van der Waals surface area contributed by atoms with Gasteiger partial charge in [0.1, 0.15) is 0 Å². The maximum absolute atomic E-state index is 9.34. The topological polar surface area (TPSA) is 37.4 Å². The molecular weight excluding hydrogens is 1630 g/mol. The highest BCUT2D eigenvalue weighted by atomic mass is 15.0. The molecule has 0 aliphatic heterocycles. The maximum Gasteiger partial charge on any atom is 0.0645 e. The first kappa shape index (κ1) is 63.7. The predicted molar refractivity (Wildman–Crippen MR) is 569 cm³/mol. The van der Waals surface area contributed by atoms with Gasteiger partial charge in [-0.3, -0.25) is 0 Å². The monoisotopic (exact) mass is 1710 g/mol. The molecule has 0 amide bonds. The second-order valence-corrected chi connectivity index (χ2v) is 37.0. The van der Waals surface area contributed by atoms with Crippen LogP contribution in [0.2, 0.25) is 0 Å². The summed E-state index contributed by atoms with van der Waals surface area (Å²) >= 11 is 0. The van der Waals surface area contributed by atoms with Gasteiger partial charge in [-0.25, -0.2) is 0 Å². The van der Waals surface area contributed by atoms with E-state index in [1.165, 1.54) is 142 Å². The number of hydrogen-bond acceptors (Lipinski definition) is 0. The van der Waals surface area contributed by atoms with E-state index in [9.17, 15) is 5.48 Å². The Kier molecular flexibility index (Phi) is 12.5. The number of nitrogens with zero attached hydrogens (tertiary/aromatic N) is 8. The Balaban J connectivity index is 0.000000135. The molecule has 624 valence electrons. The van der Waals surface area contributed by atoms with Gasteiger partial charge in [-0.2, -0.15) is 0 Å². The number of aromatic nitrogens is 8. The molecule has 0 bridgehead atoms. The number of hydrogen-bond donors (Lipinski definition) is 0. The van der Waals surface area contributed by atoms with Crippen molar-refractivity contribution in [3.05, 3.63) is 400 Å². The summed E-state index contributed by atoms with van der Waals surface area (Å²) < 4.78 is 109. The van der Waals surface area contributed by atoms with Gasteiger partial charge in [0.2, 0.25) is 0 Å². The molecule has 0 N–H and O–H groups in total. The second-order valence-electron chi connectivity index (χ2n) is 37.0. The Morgan fingerprint density at radius 1 is 0.172 bits per heavy atom. The van der Waals surface area contributed by atoms with Gasteiger partial charge in [0.25, 0.3) is 0 Å². The average Bonchev–Trinajstić information content (AvgIpc) is 1.49. The number of benzene rings is 20. The van der Waals surface area contributed by atoms with Gasteiger partial charge >= 0.3 is 0 Å². The summed E-state index contributed by atoms with van der Waals surface area (Å²) in [6.45, 7) is 9.30. The molecule has 0 saturated heterocycles. The van der Waals surface area contributed by atoms with Crippen molar-refractivity contribution >= 4 is 240 Å². The van der Waals surface area contributed by atoms with Gasteiger partial charge in [0.15, 0.2) is 0 Å². The van der Waals surface area contributed by atoms with Crippen LogP contribution in [-0.4, -0.2) is 35.9 Å². The predicted octanol–water partition coefficient (Wildman–Crippen LogP) is 34.2. The highest BCUT2D eigenvalue weighted by Gasteiger charge is 2.37. The van der Waals surface area contributed by atoms with Crippen LogP contribution in [0.4, 0.5) is 0 Å². The summed E-state index contributed by atoms with van der Waals surface area (Å²) in [5.74, 6) is 0. The van der Waals surface area contributed by atoms with E-state index in [2.05, 4.69) is 333 Å². The smallest absolute Gasteiger partial charge is 0.0645 e. The standard InChI is InChI=1S/C66H38N4.C60H42N4/c1-5-19-39(20-6-1)55-59-49-31-17-29-47-58-54(38-36-46-44-28-14-16-34-52(44)68(64(46)58)42-25-11-4-12-26-42)70(61(47)49)66(59)56(40-21-7-2-8-22-40)60-50-32-18-30-48-57-53(69(62(48)50)65(55)60)37-35-45-43-27-13-15-33-51(43)67(63(45)57)41-23-9-3-10-24-41;1-33(2)61-45-27-13-11-21-37(45)39-29-31-47-51(57(39)61)41-23-15-25-43-53-50(36-19-9-6-10-20-36)60-54(49(35-17-7-5-8-18-35)59(53)63(47)55(41)43)44-26-16-24-42-52-48(64(60)56(42)44)32-30-40-38-22-12-14-28-46(38)62(34(3)4)58(40)52/h1-38H;5-34H,1-4H3/i3D,4D,9D,10D,11D,12D,23D,24D,25D,26D;. The molecule has 0 spiro atoms. The highest BCUT2D eigenvalue weighted by Crippen LogP contribution is 2.60. The third-order valence-corrected chi connectivity index (χ3v) is 30.0. The molecule has 0 saturated carbocycles. The molecule has 12 aromatic heterocycles. The van der Waals surface area contributed by atoms with Crippen molar-refractivity contribution in [2.75, 3.05) is 0 Å². The lowest BCUT2D eigenvalue weighted by atomic mass is 9.89. The normalized spacial score (nSPS) is 13.8. The molecule has 8 nitrogen and oxygen atoms in total. The molecule has 0 fully saturated rings. The maximum atomic E-state index is 9.34. The second kappa shape index (κ2) is 26.3. The molecule has 32 rings (SSSR count). The zero-order valence-electron chi connectivity index (χ0n) is 83.1. The fourth-order valence-corrected chi connectivity index (χ4v) is 25.4. The van der Waals surface area contributed by atoms with Crippen LogP contribution >= 0.6 is 0 Å². The molecule has 0 atom stereocenters. The lowest BCUT2D eigenvalue weighted by Gasteiger charge is -2.16. The van der Waals surface area contributed by atoms with E-state index in [1.807, 2.05) is 69.8 Å². The zero-order valence-corrected chi connectivity index (χ0v) is 73.1. The fraction of sp³-hybridized carbons (Fsp3) is 0.0476. The van der Waals surface area contributed by atoms with Gasteiger partial charge < -0.3 is 35.9 Å². The van der Waals surface area contributed by atoms with Crippen LogP contribution in [0.5, 0.6) is 0 Å². The van der Waals surface area contributed by atoms with Crippen molar-refractivity contribution in [1.29, 1.82) is 0 Å². The van der Waals surface area contributed by atoms with E-state index in [4.69, 9.17) is 8.22 Å². The molecule has 12 heterocycles. The van der Waals surface area contributed by atoms with Crippen molar-refractivity contribution in [2.24, 2.45) is 0 Å². The molecule has 0 unspecified atom stereocenters. The minimum Gasteiger partial charge on any atom is -0.337 e. The minimum atomic E-state index is -0.447. The fourth-order valence-electron chi connectivity index (χ4n) is 25.4. The Morgan fingerprint density at radius 3 is 0.672 bits per heavy atom. The molecule has 0 radical (unpaired) electrons. The molecule has 134 heavy (non-hydrogen) atoms. The Bertz CT molecular complexity index is 10700. The lowest BCUT2D eigenvalue weighted by Crippen LogP contribution is -2.00. The Morgan fingerprint density at radius 2 is 0.396 bits per heavy atom. The van der Waals surface area contributed by atoms with Gasteiger partial charge in [0.05, 0.1) is 113 Å². The van der Waals surface area contributed by atoms with Gasteiger partial charge in [-0.1, -0.05) is 327 Å². The number of rotatable bonds is 8. The third-order valence-electron chi connectivity index (χ3n) is 30.0. The van der Waals surface area contributed by atoms with Crippen LogP contribution < -0.4 is 0 Å². The van der Waals surface area contributed by atoms with Crippen molar-refractivity contribution < 1.29 is 13.7 Å². The largest absolute Gasteiger partial charge is 0.337 e. The summed E-state index contributed by atoms with van der Waals surface area (Å²) in [4.78, 5) is 0.